The first-order valence-electron chi connectivity index (χ1n) is 6.87. The Bertz CT molecular complexity index is 592. The molecule has 0 aliphatic carbocycles. The van der Waals surface area contributed by atoms with Crippen LogP contribution in [0.15, 0.2) is 47.1 Å². The third-order valence-corrected chi connectivity index (χ3v) is 3.70. The Balaban J connectivity index is 1.61. The number of fused-ring (bicyclic) bond motifs is 1. The van der Waals surface area contributed by atoms with Gasteiger partial charge in [0, 0.05) is 11.7 Å². The van der Waals surface area contributed by atoms with Crippen molar-refractivity contribution >= 4 is 11.6 Å². The summed E-state index contributed by atoms with van der Waals surface area (Å²) in [5.74, 6) is 0.790. The summed E-state index contributed by atoms with van der Waals surface area (Å²) < 4.78 is 5.20. The molecular formula is C16H18N2O2. The van der Waals surface area contributed by atoms with E-state index >= 15 is 0 Å². The minimum Gasteiger partial charge on any atom is -0.467 e. The van der Waals surface area contributed by atoms with Crippen LogP contribution in [0.2, 0.25) is 0 Å². The Morgan fingerprint density at radius 1 is 1.35 bits per heavy atom. The summed E-state index contributed by atoms with van der Waals surface area (Å²) in [5.41, 5.74) is 2.49. The summed E-state index contributed by atoms with van der Waals surface area (Å²) in [6.07, 6.45) is 2.61. The molecule has 0 radical (unpaired) electrons. The highest BCUT2D eigenvalue weighted by molar-refractivity contribution is 5.82. The van der Waals surface area contributed by atoms with Gasteiger partial charge < -0.3 is 14.6 Å². The number of carbonyl (C=O) groups is 1. The first-order valence-corrected chi connectivity index (χ1v) is 6.87. The Hall–Kier alpha value is -2.23. The van der Waals surface area contributed by atoms with Gasteiger partial charge in [-0.3, -0.25) is 4.79 Å². The molecule has 2 heterocycles. The summed E-state index contributed by atoms with van der Waals surface area (Å²) in [6, 6.07) is 12.3. The number of hydrogen-bond acceptors (Lipinski definition) is 3. The lowest BCUT2D eigenvalue weighted by Crippen LogP contribution is -2.39. The molecule has 1 amide bonds. The quantitative estimate of drug-likeness (QED) is 0.927. The number of rotatable bonds is 4. The van der Waals surface area contributed by atoms with E-state index in [0.717, 1.165) is 12.2 Å². The first-order chi connectivity index (χ1) is 9.74. The van der Waals surface area contributed by atoms with Crippen molar-refractivity contribution in [2.45, 2.75) is 25.9 Å². The van der Waals surface area contributed by atoms with Crippen molar-refractivity contribution in [2.75, 3.05) is 11.4 Å². The van der Waals surface area contributed by atoms with E-state index in [0.29, 0.717) is 19.1 Å². The number of nitrogens with zero attached hydrogens (tertiary/aromatic N) is 1. The lowest BCUT2D eigenvalue weighted by molar-refractivity contribution is -0.120. The summed E-state index contributed by atoms with van der Waals surface area (Å²) in [4.78, 5) is 14.2. The van der Waals surface area contributed by atoms with Crippen molar-refractivity contribution in [2.24, 2.45) is 0 Å². The Morgan fingerprint density at radius 3 is 3.00 bits per heavy atom. The van der Waals surface area contributed by atoms with Crippen molar-refractivity contribution in [3.63, 3.8) is 0 Å². The van der Waals surface area contributed by atoms with Crippen LogP contribution in [0, 0.1) is 0 Å². The zero-order valence-electron chi connectivity index (χ0n) is 11.5. The zero-order chi connectivity index (χ0) is 13.9. The summed E-state index contributed by atoms with van der Waals surface area (Å²) in [6.45, 7) is 2.98. The van der Waals surface area contributed by atoms with Crippen LogP contribution in [-0.4, -0.2) is 18.5 Å². The SMILES string of the molecule is C[C@H]1Cc2ccccc2N1CC(=O)NCc1ccco1. The molecule has 1 atom stereocenters. The molecule has 0 unspecified atom stereocenters. The number of hydrogen-bond donors (Lipinski definition) is 1. The van der Waals surface area contributed by atoms with E-state index in [1.54, 1.807) is 6.26 Å². The predicted octanol–water partition coefficient (Wildman–Crippen LogP) is 2.35. The molecule has 0 saturated carbocycles. The van der Waals surface area contributed by atoms with E-state index in [2.05, 4.69) is 29.3 Å². The lowest BCUT2D eigenvalue weighted by atomic mass is 10.1. The molecule has 3 rings (SSSR count). The maximum atomic E-state index is 12.1. The Labute approximate surface area is 118 Å². The zero-order valence-corrected chi connectivity index (χ0v) is 11.5. The standard InChI is InChI=1S/C16H18N2O2/c1-12-9-13-5-2-3-7-15(13)18(12)11-16(19)17-10-14-6-4-8-20-14/h2-8,12H,9-11H2,1H3,(H,17,19)/t12-/m0/s1. The largest absolute Gasteiger partial charge is 0.467 e. The van der Waals surface area contributed by atoms with Gasteiger partial charge in [0.2, 0.25) is 5.91 Å². The molecule has 2 aromatic rings. The summed E-state index contributed by atoms with van der Waals surface area (Å²) in [5, 5.41) is 2.89. The third kappa shape index (κ3) is 2.54. The Morgan fingerprint density at radius 2 is 2.20 bits per heavy atom. The molecule has 4 heteroatoms. The third-order valence-electron chi connectivity index (χ3n) is 3.70. The molecular weight excluding hydrogens is 252 g/mol. The monoisotopic (exact) mass is 270 g/mol. The fourth-order valence-corrected chi connectivity index (χ4v) is 2.68. The van der Waals surface area contributed by atoms with Gasteiger partial charge in [0.25, 0.3) is 0 Å². The molecule has 1 aliphatic rings. The van der Waals surface area contributed by atoms with Crippen LogP contribution in [0.25, 0.3) is 0 Å². The van der Waals surface area contributed by atoms with Crippen LogP contribution in [0.1, 0.15) is 18.2 Å². The fraction of sp³-hybridized carbons (Fsp3) is 0.312. The maximum Gasteiger partial charge on any atom is 0.239 e. The molecule has 104 valence electrons. The van der Waals surface area contributed by atoms with Crippen LogP contribution < -0.4 is 10.2 Å². The predicted molar refractivity (Wildman–Crippen MR) is 77.5 cm³/mol. The van der Waals surface area contributed by atoms with E-state index in [1.165, 1.54) is 11.3 Å². The van der Waals surface area contributed by atoms with Crippen molar-refractivity contribution in [3.05, 3.63) is 54.0 Å². The molecule has 0 saturated heterocycles. The van der Waals surface area contributed by atoms with E-state index in [4.69, 9.17) is 4.42 Å². The van der Waals surface area contributed by atoms with Gasteiger partial charge in [-0.15, -0.1) is 0 Å². The maximum absolute atomic E-state index is 12.1. The minimum absolute atomic E-state index is 0.0185. The van der Waals surface area contributed by atoms with Gasteiger partial charge in [-0.05, 0) is 37.1 Å². The van der Waals surface area contributed by atoms with Gasteiger partial charge in [-0.1, -0.05) is 18.2 Å². The molecule has 1 aromatic heterocycles. The van der Waals surface area contributed by atoms with Gasteiger partial charge in [-0.2, -0.15) is 0 Å². The number of furan rings is 1. The number of amides is 1. The van der Waals surface area contributed by atoms with Gasteiger partial charge in [-0.25, -0.2) is 0 Å². The van der Waals surface area contributed by atoms with Crippen molar-refractivity contribution in [1.29, 1.82) is 0 Å². The number of nitrogens with one attached hydrogen (secondary N) is 1. The summed E-state index contributed by atoms with van der Waals surface area (Å²) >= 11 is 0. The minimum atomic E-state index is 0.0185. The fourth-order valence-electron chi connectivity index (χ4n) is 2.68. The van der Waals surface area contributed by atoms with Crippen molar-refractivity contribution in [1.82, 2.24) is 5.32 Å². The average Bonchev–Trinajstić information content (AvgIpc) is 3.06. The summed E-state index contributed by atoms with van der Waals surface area (Å²) in [7, 11) is 0. The van der Waals surface area contributed by atoms with Gasteiger partial charge in [0.05, 0.1) is 19.4 Å². The van der Waals surface area contributed by atoms with Crippen LogP contribution in [0.5, 0.6) is 0 Å². The normalized spacial score (nSPS) is 17.1. The van der Waals surface area contributed by atoms with Crippen molar-refractivity contribution in [3.8, 4) is 0 Å². The highest BCUT2D eigenvalue weighted by Crippen LogP contribution is 2.31. The second-order valence-electron chi connectivity index (χ2n) is 5.17. The van der Waals surface area contributed by atoms with Crippen LogP contribution in [0.3, 0.4) is 0 Å². The highest BCUT2D eigenvalue weighted by Gasteiger charge is 2.26. The highest BCUT2D eigenvalue weighted by atomic mass is 16.3. The van der Waals surface area contributed by atoms with Gasteiger partial charge in [0.15, 0.2) is 0 Å². The smallest absolute Gasteiger partial charge is 0.239 e. The molecule has 1 aromatic carbocycles. The Kier molecular flexibility index (Phi) is 3.46. The molecule has 0 spiro atoms. The number of benzene rings is 1. The topological polar surface area (TPSA) is 45.5 Å². The molecule has 20 heavy (non-hydrogen) atoms. The van der Waals surface area contributed by atoms with E-state index in [1.807, 2.05) is 24.3 Å². The van der Waals surface area contributed by atoms with E-state index in [-0.39, 0.29) is 5.91 Å². The van der Waals surface area contributed by atoms with Crippen molar-refractivity contribution < 1.29 is 9.21 Å². The molecule has 1 N–H and O–H groups in total. The van der Waals surface area contributed by atoms with Crippen LogP contribution in [0.4, 0.5) is 5.69 Å². The lowest BCUT2D eigenvalue weighted by Gasteiger charge is -2.24. The molecule has 4 nitrogen and oxygen atoms in total. The van der Waals surface area contributed by atoms with Crippen LogP contribution >= 0.6 is 0 Å². The molecule has 0 fully saturated rings. The van der Waals surface area contributed by atoms with Gasteiger partial charge in [0.1, 0.15) is 5.76 Å². The average molecular weight is 270 g/mol. The van der Waals surface area contributed by atoms with Gasteiger partial charge >= 0.3 is 0 Å². The number of carbonyl (C=O) groups excluding carboxylic acids is 1. The number of para-hydroxylation sites is 1. The second kappa shape index (κ2) is 5.41. The van der Waals surface area contributed by atoms with E-state index in [9.17, 15) is 4.79 Å². The second-order valence-corrected chi connectivity index (χ2v) is 5.17. The molecule has 1 aliphatic heterocycles. The molecule has 0 bridgehead atoms. The van der Waals surface area contributed by atoms with E-state index < -0.39 is 0 Å². The van der Waals surface area contributed by atoms with Crippen LogP contribution in [-0.2, 0) is 17.8 Å². The first kappa shape index (κ1) is 12.8. The number of anilines is 1.